The number of ether oxygens (including phenoxy) is 1. The van der Waals surface area contributed by atoms with E-state index in [4.69, 9.17) is 16.3 Å². The number of aryl methyl sites for hydroxylation is 1. The molecule has 3 aromatic rings. The van der Waals surface area contributed by atoms with Gasteiger partial charge in [-0.15, -0.1) is 0 Å². The van der Waals surface area contributed by atoms with Gasteiger partial charge in [-0.2, -0.15) is 0 Å². The van der Waals surface area contributed by atoms with Gasteiger partial charge in [-0.3, -0.25) is 25.0 Å². The van der Waals surface area contributed by atoms with Crippen molar-refractivity contribution in [1.82, 2.24) is 15.3 Å². The number of carbonyl (C=O) groups excluding carboxylic acids is 3. The molecule has 0 spiro atoms. The van der Waals surface area contributed by atoms with Crippen molar-refractivity contribution in [2.24, 2.45) is 0 Å². The lowest BCUT2D eigenvalue weighted by molar-refractivity contribution is -0.385. The lowest BCUT2D eigenvalue weighted by atomic mass is 10.1. The molecule has 0 aliphatic carbocycles. The average Bonchev–Trinajstić information content (AvgIpc) is 2.85. The number of amides is 4. The van der Waals surface area contributed by atoms with E-state index in [0.717, 1.165) is 11.0 Å². The van der Waals surface area contributed by atoms with Crippen LogP contribution in [-0.4, -0.2) is 32.7 Å². The molecular weight excluding hydrogens is 490 g/mol. The number of hydrogen-bond donors (Lipinski definition) is 1. The van der Waals surface area contributed by atoms with Gasteiger partial charge in [0.15, 0.2) is 0 Å². The van der Waals surface area contributed by atoms with Crippen LogP contribution in [0.25, 0.3) is 0 Å². The zero-order valence-electron chi connectivity index (χ0n) is 19.4. The molecule has 1 heterocycles. The number of benzene rings is 2. The Morgan fingerprint density at radius 2 is 1.83 bits per heavy atom. The van der Waals surface area contributed by atoms with E-state index < -0.39 is 28.5 Å². The highest BCUT2D eigenvalue weighted by molar-refractivity contribution is 6.30. The third kappa shape index (κ3) is 6.39. The Labute approximate surface area is 211 Å². The molecule has 3 rings (SSSR count). The number of nitro groups is 1. The molecule has 36 heavy (non-hydrogen) atoms. The minimum atomic E-state index is -1.03. The van der Waals surface area contributed by atoms with E-state index >= 15 is 0 Å². The number of hydrogen-bond acceptors (Lipinski definition) is 8. The first-order chi connectivity index (χ1) is 17.2. The Hall–Kier alpha value is -4.38. The molecule has 0 aliphatic heterocycles. The minimum Gasteiger partial charge on any atom is -0.424 e. The predicted molar refractivity (Wildman–Crippen MR) is 131 cm³/mol. The number of nitrogens with one attached hydrogen (secondary N) is 1. The summed E-state index contributed by atoms with van der Waals surface area (Å²) in [6, 6.07) is 8.75. The van der Waals surface area contributed by atoms with Crippen LogP contribution in [0.1, 0.15) is 42.1 Å². The number of carbonyl (C=O) groups is 3. The molecule has 0 bridgehead atoms. The molecule has 12 heteroatoms. The summed E-state index contributed by atoms with van der Waals surface area (Å²) in [6.07, 6.45) is 4.04. The van der Waals surface area contributed by atoms with Gasteiger partial charge >= 0.3 is 12.0 Å². The van der Waals surface area contributed by atoms with E-state index in [-0.39, 0.29) is 23.7 Å². The van der Waals surface area contributed by atoms with Crippen LogP contribution < -0.4 is 15.0 Å². The Balaban J connectivity index is 1.88. The lowest BCUT2D eigenvalue weighted by Gasteiger charge is -2.22. The van der Waals surface area contributed by atoms with Crippen molar-refractivity contribution in [1.29, 1.82) is 0 Å². The molecule has 4 amide bonds. The Bertz CT molecular complexity index is 1300. The van der Waals surface area contributed by atoms with E-state index in [0.29, 0.717) is 29.2 Å². The van der Waals surface area contributed by atoms with Crippen LogP contribution in [0.2, 0.25) is 5.02 Å². The fourth-order valence-corrected chi connectivity index (χ4v) is 3.30. The average molecular weight is 512 g/mol. The number of rotatable bonds is 8. The van der Waals surface area contributed by atoms with Crippen molar-refractivity contribution in [3.05, 3.63) is 81.1 Å². The molecular formula is C24H22ClN5O6. The number of imide groups is 2. The van der Waals surface area contributed by atoms with Crippen molar-refractivity contribution in [2.45, 2.75) is 33.1 Å². The summed E-state index contributed by atoms with van der Waals surface area (Å²) in [5.74, 6) is -1.17. The molecule has 186 valence electrons. The molecule has 0 saturated heterocycles. The molecule has 1 aromatic heterocycles. The standard InChI is InChI=1S/C24H22ClN5O6/c1-3-4-9-21(31)29(24(33)28-22(32)18-7-5-6-8-19(18)30(34)35)17-10-11-20(15(2)12-17)36-23-26-13-16(25)14-27-23/h5-8,10-14H,3-4,9H2,1-2H3,(H,28,32,33). The molecule has 1 N–H and O–H groups in total. The van der Waals surface area contributed by atoms with E-state index in [1.54, 1.807) is 6.92 Å². The summed E-state index contributed by atoms with van der Waals surface area (Å²) in [7, 11) is 0. The van der Waals surface area contributed by atoms with Gasteiger partial charge in [0, 0.05) is 12.5 Å². The van der Waals surface area contributed by atoms with Gasteiger partial charge in [0.2, 0.25) is 5.91 Å². The Morgan fingerprint density at radius 3 is 2.47 bits per heavy atom. The highest BCUT2D eigenvalue weighted by Gasteiger charge is 2.28. The first kappa shape index (κ1) is 26.2. The second-order valence-electron chi connectivity index (χ2n) is 7.60. The summed E-state index contributed by atoms with van der Waals surface area (Å²) in [5, 5.41) is 13.7. The van der Waals surface area contributed by atoms with Gasteiger partial charge in [-0.25, -0.2) is 19.7 Å². The summed E-state index contributed by atoms with van der Waals surface area (Å²) in [4.78, 5) is 58.0. The predicted octanol–water partition coefficient (Wildman–Crippen LogP) is 5.21. The smallest absolute Gasteiger partial charge is 0.335 e. The summed E-state index contributed by atoms with van der Waals surface area (Å²) >= 11 is 5.78. The van der Waals surface area contributed by atoms with Gasteiger partial charge in [0.05, 0.1) is 28.0 Å². The maximum absolute atomic E-state index is 13.1. The van der Waals surface area contributed by atoms with Gasteiger partial charge < -0.3 is 4.74 Å². The SMILES string of the molecule is CCCCC(=O)N(C(=O)NC(=O)c1ccccc1[N+](=O)[O-])c1ccc(Oc2ncc(Cl)cn2)c(C)c1. The largest absolute Gasteiger partial charge is 0.424 e. The van der Waals surface area contributed by atoms with Crippen molar-refractivity contribution in [3.8, 4) is 11.8 Å². The molecule has 2 aromatic carbocycles. The zero-order chi connectivity index (χ0) is 26.2. The van der Waals surface area contributed by atoms with E-state index in [1.165, 1.54) is 48.8 Å². The Morgan fingerprint density at radius 1 is 1.14 bits per heavy atom. The third-order valence-corrected chi connectivity index (χ3v) is 5.17. The molecule has 0 saturated carbocycles. The van der Waals surface area contributed by atoms with Crippen molar-refractivity contribution < 1.29 is 24.0 Å². The van der Waals surface area contributed by atoms with Crippen molar-refractivity contribution >= 4 is 40.8 Å². The van der Waals surface area contributed by atoms with E-state index in [9.17, 15) is 24.5 Å². The van der Waals surface area contributed by atoms with Crippen LogP contribution in [0.15, 0.2) is 54.9 Å². The van der Waals surface area contributed by atoms with Crippen LogP contribution in [0.4, 0.5) is 16.2 Å². The van der Waals surface area contributed by atoms with Crippen molar-refractivity contribution in [3.63, 3.8) is 0 Å². The van der Waals surface area contributed by atoms with Crippen LogP contribution in [-0.2, 0) is 4.79 Å². The zero-order valence-corrected chi connectivity index (χ0v) is 20.2. The summed E-state index contributed by atoms with van der Waals surface area (Å²) in [5.41, 5.74) is -0.0314. The molecule has 0 unspecified atom stereocenters. The van der Waals surface area contributed by atoms with Crippen LogP contribution in [0.5, 0.6) is 11.8 Å². The summed E-state index contributed by atoms with van der Waals surface area (Å²) in [6.45, 7) is 3.59. The highest BCUT2D eigenvalue weighted by atomic mass is 35.5. The second kappa shape index (κ2) is 11.8. The van der Waals surface area contributed by atoms with E-state index in [1.807, 2.05) is 6.92 Å². The molecule has 11 nitrogen and oxygen atoms in total. The number of anilines is 1. The van der Waals surface area contributed by atoms with Gasteiger partial charge in [0.25, 0.3) is 11.6 Å². The normalized spacial score (nSPS) is 10.4. The van der Waals surface area contributed by atoms with Crippen molar-refractivity contribution in [2.75, 3.05) is 4.90 Å². The third-order valence-electron chi connectivity index (χ3n) is 4.98. The molecule has 0 atom stereocenters. The quantitative estimate of drug-likeness (QED) is 0.320. The molecule has 0 radical (unpaired) electrons. The number of halogens is 1. The van der Waals surface area contributed by atoms with Gasteiger partial charge in [-0.1, -0.05) is 37.1 Å². The topological polar surface area (TPSA) is 145 Å². The first-order valence-corrected chi connectivity index (χ1v) is 11.3. The maximum Gasteiger partial charge on any atom is 0.335 e. The van der Waals surface area contributed by atoms with E-state index in [2.05, 4.69) is 15.3 Å². The number of aromatic nitrogens is 2. The fourth-order valence-electron chi connectivity index (χ4n) is 3.20. The molecule has 0 fully saturated rings. The minimum absolute atomic E-state index is 0.0546. The van der Waals surface area contributed by atoms with Crippen LogP contribution in [0, 0.1) is 17.0 Å². The first-order valence-electron chi connectivity index (χ1n) is 10.9. The number of para-hydroxylation sites is 1. The molecule has 0 aliphatic rings. The second-order valence-corrected chi connectivity index (χ2v) is 8.04. The Kier molecular flexibility index (Phi) is 8.63. The summed E-state index contributed by atoms with van der Waals surface area (Å²) < 4.78 is 5.64. The highest BCUT2D eigenvalue weighted by Crippen LogP contribution is 2.28. The number of nitro benzene ring substituents is 1. The van der Waals surface area contributed by atoms with Crippen LogP contribution in [0.3, 0.4) is 0 Å². The van der Waals surface area contributed by atoms with Crippen LogP contribution >= 0.6 is 11.6 Å². The van der Waals surface area contributed by atoms with Gasteiger partial charge in [0.1, 0.15) is 11.3 Å². The number of nitrogens with zero attached hydrogens (tertiary/aromatic N) is 4. The number of urea groups is 1. The number of unbranched alkanes of at least 4 members (excludes halogenated alkanes) is 1. The fraction of sp³-hybridized carbons (Fsp3) is 0.208. The van der Waals surface area contributed by atoms with Gasteiger partial charge in [-0.05, 0) is 43.2 Å². The monoisotopic (exact) mass is 511 g/mol. The maximum atomic E-state index is 13.1. The lowest BCUT2D eigenvalue weighted by Crippen LogP contribution is -2.46.